The van der Waals surface area contributed by atoms with E-state index in [2.05, 4.69) is 0 Å². The topological polar surface area (TPSA) is 71.4 Å². The summed E-state index contributed by atoms with van der Waals surface area (Å²) in [6, 6.07) is 15.4. The molecule has 0 saturated heterocycles. The number of benzene rings is 3. The predicted molar refractivity (Wildman–Crippen MR) is 128 cm³/mol. The van der Waals surface area contributed by atoms with E-state index in [-0.39, 0.29) is 24.3 Å². The fraction of sp³-hybridized carbons (Fsp3) is 0.280. The van der Waals surface area contributed by atoms with Gasteiger partial charge >= 0.3 is 13.5 Å². The van der Waals surface area contributed by atoms with Gasteiger partial charge in [0, 0.05) is 18.7 Å². The van der Waals surface area contributed by atoms with Crippen LogP contribution in [-0.2, 0) is 19.5 Å². The van der Waals surface area contributed by atoms with Crippen molar-refractivity contribution in [3.8, 4) is 17.2 Å². The minimum absolute atomic E-state index is 0.0549. The second kappa shape index (κ2) is 11.5. The van der Waals surface area contributed by atoms with Gasteiger partial charge in [-0.05, 0) is 53.9 Å². The lowest BCUT2D eigenvalue weighted by Gasteiger charge is -2.28. The van der Waals surface area contributed by atoms with E-state index >= 15 is 4.39 Å². The van der Waals surface area contributed by atoms with Gasteiger partial charge in [0.05, 0.1) is 26.3 Å². The number of anilines is 1. The molecule has 0 aromatic heterocycles. The summed E-state index contributed by atoms with van der Waals surface area (Å²) in [5, 5.41) is 18.6. The van der Waals surface area contributed by atoms with Crippen molar-refractivity contribution in [3.63, 3.8) is 0 Å². The highest BCUT2D eigenvalue weighted by atomic mass is 19.4. The third-order valence-electron chi connectivity index (χ3n) is 5.53. The predicted octanol–water partition coefficient (Wildman–Crippen LogP) is 4.81. The van der Waals surface area contributed by atoms with Gasteiger partial charge in [0.2, 0.25) is 0 Å². The summed E-state index contributed by atoms with van der Waals surface area (Å²) in [6.07, 6.45) is -6.15. The fourth-order valence-corrected chi connectivity index (χ4v) is 3.79. The Kier molecular flexibility index (Phi) is 8.70. The molecule has 3 aromatic carbocycles. The number of hydrogen-bond donors (Lipinski definition) is 2. The molecule has 0 spiro atoms. The summed E-state index contributed by atoms with van der Waals surface area (Å²) < 4.78 is 70.4. The van der Waals surface area contributed by atoms with Gasteiger partial charge in [0.1, 0.15) is 17.2 Å². The smallest absolute Gasteiger partial charge is 0.509 e. The molecule has 0 bridgehead atoms. The van der Waals surface area contributed by atoms with Crippen molar-refractivity contribution in [2.24, 2.45) is 0 Å². The van der Waals surface area contributed by atoms with Crippen LogP contribution in [0.15, 0.2) is 54.6 Å². The zero-order valence-electron chi connectivity index (χ0n) is 20.0. The number of ether oxygens (including phenoxy) is 2. The number of nitrogens with zero attached hydrogens (tertiary/aromatic N) is 1. The van der Waals surface area contributed by atoms with Crippen LogP contribution in [0.2, 0.25) is 0 Å². The number of halogens is 4. The lowest BCUT2D eigenvalue weighted by Crippen LogP contribution is -2.27. The summed E-state index contributed by atoms with van der Waals surface area (Å²) >= 11 is 0. The van der Waals surface area contributed by atoms with E-state index in [1.165, 1.54) is 27.2 Å². The maximum Gasteiger partial charge on any atom is 0.707 e. The number of methoxy groups -OCH3 is 2. The second-order valence-corrected chi connectivity index (χ2v) is 8.12. The Labute approximate surface area is 206 Å². The summed E-state index contributed by atoms with van der Waals surface area (Å²) in [5.41, 5.74) is 1.09. The number of alkyl halides is 3. The van der Waals surface area contributed by atoms with E-state index < -0.39 is 37.0 Å². The molecular weight excluding hydrogens is 481 g/mol. The van der Waals surface area contributed by atoms with Gasteiger partial charge in [-0.25, -0.2) is 4.39 Å². The Hall–Kier alpha value is -3.44. The van der Waals surface area contributed by atoms with E-state index in [9.17, 15) is 23.2 Å². The minimum atomic E-state index is -4.66. The molecule has 192 valence electrons. The van der Waals surface area contributed by atoms with E-state index in [1.807, 2.05) is 0 Å². The van der Waals surface area contributed by atoms with Crippen molar-refractivity contribution in [2.45, 2.75) is 32.6 Å². The molecule has 36 heavy (non-hydrogen) atoms. The first-order valence-electron chi connectivity index (χ1n) is 10.9. The molecule has 0 heterocycles. The second-order valence-electron chi connectivity index (χ2n) is 8.12. The fourth-order valence-electron chi connectivity index (χ4n) is 3.79. The molecule has 11 heteroatoms. The van der Waals surface area contributed by atoms with Crippen LogP contribution in [0.1, 0.15) is 22.3 Å². The third-order valence-corrected chi connectivity index (χ3v) is 5.53. The number of hydrogen-bond acceptors (Lipinski definition) is 6. The van der Waals surface area contributed by atoms with Crippen LogP contribution in [0.25, 0.3) is 0 Å². The maximum absolute atomic E-state index is 15.7. The highest BCUT2D eigenvalue weighted by Crippen LogP contribution is 2.38. The van der Waals surface area contributed by atoms with Crippen molar-refractivity contribution in [2.75, 3.05) is 19.1 Å². The molecule has 0 aliphatic carbocycles. The van der Waals surface area contributed by atoms with Crippen molar-refractivity contribution in [3.05, 3.63) is 82.7 Å². The molecule has 2 N–H and O–H groups in total. The van der Waals surface area contributed by atoms with Crippen LogP contribution in [0, 0.1) is 12.7 Å². The highest BCUT2D eigenvalue weighted by molar-refractivity contribution is 6.33. The van der Waals surface area contributed by atoms with Crippen molar-refractivity contribution < 1.29 is 41.7 Å². The van der Waals surface area contributed by atoms with E-state index in [1.54, 1.807) is 53.4 Å². The van der Waals surface area contributed by atoms with Gasteiger partial charge < -0.3 is 29.1 Å². The number of aryl methyl sites for hydroxylation is 1. The molecule has 6 nitrogen and oxygen atoms in total. The number of rotatable bonds is 10. The Balaban J connectivity index is 2.09. The standard InChI is InChI=1S/C25H26BF4NO5/c1-16-12-22(23(27)24(36-26(32)33)21(16)13-25(28,29)30)31(14-17-4-8-19(34-2)9-5-17)15-18-6-10-20(35-3)11-7-18/h4-12,32-33H,13-15H2,1-3H3. The monoisotopic (exact) mass is 507 g/mol. The van der Waals surface area contributed by atoms with Crippen LogP contribution in [0.5, 0.6) is 17.2 Å². The van der Waals surface area contributed by atoms with Crippen LogP contribution in [0.4, 0.5) is 23.2 Å². The zero-order chi connectivity index (χ0) is 26.5. The molecule has 3 aromatic rings. The summed E-state index contributed by atoms with van der Waals surface area (Å²) in [4.78, 5) is 1.62. The molecule has 0 aliphatic rings. The summed E-state index contributed by atoms with van der Waals surface area (Å²) in [5.74, 6) is -0.722. The van der Waals surface area contributed by atoms with Gasteiger partial charge in [-0.15, -0.1) is 0 Å². The minimum Gasteiger partial charge on any atom is -0.509 e. The van der Waals surface area contributed by atoms with Gasteiger partial charge in [0.15, 0.2) is 5.82 Å². The van der Waals surface area contributed by atoms with E-state index in [4.69, 9.17) is 14.1 Å². The molecule has 0 unspecified atom stereocenters. The van der Waals surface area contributed by atoms with Crippen molar-refractivity contribution in [1.82, 2.24) is 0 Å². The highest BCUT2D eigenvalue weighted by Gasteiger charge is 2.34. The lowest BCUT2D eigenvalue weighted by molar-refractivity contribution is -0.127. The summed E-state index contributed by atoms with van der Waals surface area (Å²) in [7, 11) is 0.559. The third kappa shape index (κ3) is 7.05. The Morgan fingerprint density at radius 2 is 1.33 bits per heavy atom. The molecule has 0 aliphatic heterocycles. The molecule has 3 rings (SSSR count). The van der Waals surface area contributed by atoms with Crippen molar-refractivity contribution >= 4 is 13.0 Å². The molecule has 0 radical (unpaired) electrons. The Bertz CT molecular complexity index is 1110. The quantitative estimate of drug-likeness (QED) is 0.303. The van der Waals surface area contributed by atoms with Crippen LogP contribution in [-0.4, -0.2) is 37.8 Å². The first-order valence-corrected chi connectivity index (χ1v) is 10.9. The molecule has 0 atom stereocenters. The van der Waals surface area contributed by atoms with Gasteiger partial charge in [-0.1, -0.05) is 24.3 Å². The van der Waals surface area contributed by atoms with Gasteiger partial charge in [-0.2, -0.15) is 13.2 Å². The molecule has 0 fully saturated rings. The van der Waals surface area contributed by atoms with Crippen LogP contribution < -0.4 is 19.0 Å². The van der Waals surface area contributed by atoms with E-state index in [0.717, 1.165) is 11.1 Å². The maximum atomic E-state index is 15.7. The zero-order valence-corrected chi connectivity index (χ0v) is 20.0. The summed E-state index contributed by atoms with van der Waals surface area (Å²) in [6.45, 7) is 1.76. The van der Waals surface area contributed by atoms with Crippen LogP contribution in [0.3, 0.4) is 0 Å². The van der Waals surface area contributed by atoms with Crippen LogP contribution >= 0.6 is 0 Å². The average Bonchev–Trinajstić information content (AvgIpc) is 2.83. The average molecular weight is 507 g/mol. The Morgan fingerprint density at radius 1 is 0.861 bits per heavy atom. The molecular formula is C25H26BF4NO5. The lowest BCUT2D eigenvalue weighted by atomic mass is 10.0. The van der Waals surface area contributed by atoms with Gasteiger partial charge in [-0.3, -0.25) is 0 Å². The van der Waals surface area contributed by atoms with E-state index in [0.29, 0.717) is 11.5 Å². The Morgan fingerprint density at radius 3 is 1.72 bits per heavy atom. The first kappa shape index (κ1) is 27.2. The largest absolute Gasteiger partial charge is 0.707 e. The van der Waals surface area contributed by atoms with Gasteiger partial charge in [0.25, 0.3) is 0 Å². The SMILES string of the molecule is COc1ccc(CN(Cc2ccc(OC)cc2)c2cc(C)c(CC(F)(F)F)c(OB(O)O)c2F)cc1. The first-order chi connectivity index (χ1) is 17.0. The molecule has 0 amide bonds. The van der Waals surface area contributed by atoms with Crippen molar-refractivity contribution in [1.29, 1.82) is 0 Å². The molecule has 0 saturated carbocycles. The normalized spacial score (nSPS) is 11.2.